The Bertz CT molecular complexity index is 613. The average Bonchev–Trinajstić information content (AvgIpc) is 3.04. The molecule has 0 spiro atoms. The zero-order chi connectivity index (χ0) is 14.5. The van der Waals surface area contributed by atoms with Crippen molar-refractivity contribution in [2.75, 3.05) is 13.2 Å². The molecule has 0 atom stereocenters. The van der Waals surface area contributed by atoms with Crippen LogP contribution in [0.25, 0.3) is 0 Å². The van der Waals surface area contributed by atoms with Crippen molar-refractivity contribution in [2.24, 2.45) is 0 Å². The van der Waals surface area contributed by atoms with Crippen LogP contribution in [0.2, 0.25) is 0 Å². The molecule has 0 radical (unpaired) electrons. The predicted molar refractivity (Wildman–Crippen MR) is 73.9 cm³/mol. The second-order valence-corrected chi connectivity index (χ2v) is 4.66. The number of aromatic nitrogens is 3. The zero-order valence-corrected chi connectivity index (χ0v) is 11.5. The molecule has 2 aromatic rings. The molecule has 7 heteroatoms. The highest BCUT2D eigenvalue weighted by atomic mass is 16.6. The lowest BCUT2D eigenvalue weighted by Crippen LogP contribution is -2.24. The van der Waals surface area contributed by atoms with Crippen molar-refractivity contribution in [1.82, 2.24) is 20.1 Å². The van der Waals surface area contributed by atoms with Crippen LogP contribution in [0, 0.1) is 0 Å². The standard InChI is InChI=1S/C14H16N4O3/c19-14(3-4-18-10-15-9-17-18)16-8-11-1-2-12-13(7-11)21-6-5-20-12/h1-2,7,9-10H,3-6,8H2,(H,16,19). The molecule has 1 N–H and O–H groups in total. The normalized spacial score (nSPS) is 13.0. The van der Waals surface area contributed by atoms with Crippen molar-refractivity contribution in [1.29, 1.82) is 0 Å². The highest BCUT2D eigenvalue weighted by molar-refractivity contribution is 5.75. The Morgan fingerprint density at radius 1 is 1.29 bits per heavy atom. The van der Waals surface area contributed by atoms with E-state index in [-0.39, 0.29) is 5.91 Å². The lowest BCUT2D eigenvalue weighted by Gasteiger charge is -2.19. The maximum atomic E-state index is 11.8. The van der Waals surface area contributed by atoms with Crippen molar-refractivity contribution < 1.29 is 14.3 Å². The van der Waals surface area contributed by atoms with Crippen molar-refractivity contribution in [3.05, 3.63) is 36.4 Å². The van der Waals surface area contributed by atoms with Crippen molar-refractivity contribution >= 4 is 5.91 Å². The third kappa shape index (κ3) is 3.50. The van der Waals surface area contributed by atoms with E-state index in [9.17, 15) is 4.79 Å². The molecule has 1 aliphatic rings. The Morgan fingerprint density at radius 3 is 2.95 bits per heavy atom. The molecule has 0 aliphatic carbocycles. The molecule has 0 bridgehead atoms. The minimum absolute atomic E-state index is 0.0274. The summed E-state index contributed by atoms with van der Waals surface area (Å²) >= 11 is 0. The lowest BCUT2D eigenvalue weighted by molar-refractivity contribution is -0.121. The topological polar surface area (TPSA) is 78.3 Å². The number of amides is 1. The van der Waals surface area contributed by atoms with E-state index in [1.807, 2.05) is 18.2 Å². The number of benzene rings is 1. The van der Waals surface area contributed by atoms with Gasteiger partial charge in [-0.25, -0.2) is 4.98 Å². The average molecular weight is 288 g/mol. The van der Waals surface area contributed by atoms with Crippen LogP contribution in [0.3, 0.4) is 0 Å². The number of carbonyl (C=O) groups excluding carboxylic acids is 1. The van der Waals surface area contributed by atoms with Gasteiger partial charge in [0.15, 0.2) is 11.5 Å². The molecule has 3 rings (SSSR count). The summed E-state index contributed by atoms with van der Waals surface area (Å²) in [6, 6.07) is 5.68. The van der Waals surface area contributed by atoms with Crippen LogP contribution in [0.1, 0.15) is 12.0 Å². The molecule has 110 valence electrons. The number of hydrogen-bond donors (Lipinski definition) is 1. The molecular weight excluding hydrogens is 272 g/mol. The van der Waals surface area contributed by atoms with E-state index in [2.05, 4.69) is 15.4 Å². The third-order valence-corrected chi connectivity index (χ3v) is 3.13. The maximum absolute atomic E-state index is 11.8. The van der Waals surface area contributed by atoms with Gasteiger partial charge < -0.3 is 14.8 Å². The summed E-state index contributed by atoms with van der Waals surface area (Å²) in [4.78, 5) is 15.6. The van der Waals surface area contributed by atoms with Crippen LogP contribution in [0.4, 0.5) is 0 Å². The molecule has 21 heavy (non-hydrogen) atoms. The van der Waals surface area contributed by atoms with Gasteiger partial charge in [0, 0.05) is 13.0 Å². The van der Waals surface area contributed by atoms with Crippen LogP contribution in [-0.2, 0) is 17.9 Å². The van der Waals surface area contributed by atoms with Gasteiger partial charge in [-0.15, -0.1) is 0 Å². The van der Waals surface area contributed by atoms with E-state index in [4.69, 9.17) is 9.47 Å². The summed E-state index contributed by atoms with van der Waals surface area (Å²) in [5.41, 5.74) is 0.980. The Kier molecular flexibility index (Phi) is 3.99. The summed E-state index contributed by atoms with van der Waals surface area (Å²) in [6.07, 6.45) is 3.41. The number of nitrogens with zero attached hydrogens (tertiary/aromatic N) is 3. The van der Waals surface area contributed by atoms with Crippen LogP contribution in [0.5, 0.6) is 11.5 Å². The first-order valence-corrected chi connectivity index (χ1v) is 6.79. The van der Waals surface area contributed by atoms with Crippen LogP contribution in [0.15, 0.2) is 30.9 Å². The van der Waals surface area contributed by atoms with Crippen molar-refractivity contribution in [3.63, 3.8) is 0 Å². The minimum atomic E-state index is -0.0274. The van der Waals surface area contributed by atoms with E-state index in [1.54, 1.807) is 11.0 Å². The summed E-state index contributed by atoms with van der Waals surface area (Å²) in [5.74, 6) is 1.46. The van der Waals surface area contributed by atoms with Gasteiger partial charge >= 0.3 is 0 Å². The monoisotopic (exact) mass is 288 g/mol. The molecule has 2 heterocycles. The van der Waals surface area contributed by atoms with Crippen LogP contribution >= 0.6 is 0 Å². The number of nitrogens with one attached hydrogen (secondary N) is 1. The molecular formula is C14H16N4O3. The summed E-state index contributed by atoms with van der Waals surface area (Å²) in [6.45, 7) is 2.12. The smallest absolute Gasteiger partial charge is 0.222 e. The summed E-state index contributed by atoms with van der Waals surface area (Å²) < 4.78 is 12.6. The molecule has 0 fully saturated rings. The Hall–Kier alpha value is -2.57. The third-order valence-electron chi connectivity index (χ3n) is 3.13. The first kappa shape index (κ1) is 13.4. The molecule has 7 nitrogen and oxygen atoms in total. The SMILES string of the molecule is O=C(CCn1cncn1)NCc1ccc2c(c1)OCCO2. The number of aryl methyl sites for hydroxylation is 1. The fourth-order valence-corrected chi connectivity index (χ4v) is 2.05. The summed E-state index contributed by atoms with van der Waals surface area (Å²) in [7, 11) is 0. The van der Waals surface area contributed by atoms with Gasteiger partial charge in [0.1, 0.15) is 25.9 Å². The van der Waals surface area contributed by atoms with Gasteiger partial charge in [-0.2, -0.15) is 5.10 Å². The van der Waals surface area contributed by atoms with E-state index in [1.165, 1.54) is 6.33 Å². The summed E-state index contributed by atoms with van der Waals surface area (Å²) in [5, 5.41) is 6.82. The molecule has 0 saturated carbocycles. The molecule has 1 aromatic heterocycles. The zero-order valence-electron chi connectivity index (χ0n) is 11.5. The van der Waals surface area contributed by atoms with Crippen LogP contribution < -0.4 is 14.8 Å². The van der Waals surface area contributed by atoms with Crippen molar-refractivity contribution in [3.8, 4) is 11.5 Å². The Balaban J connectivity index is 1.49. The quantitative estimate of drug-likeness (QED) is 0.878. The van der Waals surface area contributed by atoms with Gasteiger partial charge in [0.2, 0.25) is 5.91 Å². The fourth-order valence-electron chi connectivity index (χ4n) is 2.05. The molecule has 1 aliphatic heterocycles. The van der Waals surface area contributed by atoms with Gasteiger partial charge in [-0.3, -0.25) is 9.48 Å². The van der Waals surface area contributed by atoms with E-state index < -0.39 is 0 Å². The first-order valence-electron chi connectivity index (χ1n) is 6.79. The number of hydrogen-bond acceptors (Lipinski definition) is 5. The van der Waals surface area contributed by atoms with Gasteiger partial charge in [0.05, 0.1) is 6.54 Å². The fraction of sp³-hybridized carbons (Fsp3) is 0.357. The van der Waals surface area contributed by atoms with E-state index in [0.717, 1.165) is 17.1 Å². The second-order valence-electron chi connectivity index (χ2n) is 4.66. The number of carbonyl (C=O) groups is 1. The van der Waals surface area contributed by atoms with Gasteiger partial charge in [-0.05, 0) is 17.7 Å². The first-order chi connectivity index (χ1) is 10.3. The minimum Gasteiger partial charge on any atom is -0.486 e. The maximum Gasteiger partial charge on any atom is 0.222 e. The second kappa shape index (κ2) is 6.25. The number of fused-ring (bicyclic) bond motifs is 1. The number of ether oxygens (including phenoxy) is 2. The molecule has 1 amide bonds. The molecule has 1 aromatic carbocycles. The van der Waals surface area contributed by atoms with Gasteiger partial charge in [-0.1, -0.05) is 6.07 Å². The molecule has 0 unspecified atom stereocenters. The largest absolute Gasteiger partial charge is 0.486 e. The predicted octanol–water partition coefficient (Wildman–Crippen LogP) is 0.756. The van der Waals surface area contributed by atoms with Gasteiger partial charge in [0.25, 0.3) is 0 Å². The van der Waals surface area contributed by atoms with E-state index in [0.29, 0.717) is 32.7 Å². The number of rotatable bonds is 5. The highest BCUT2D eigenvalue weighted by Crippen LogP contribution is 2.30. The highest BCUT2D eigenvalue weighted by Gasteiger charge is 2.12. The van der Waals surface area contributed by atoms with Crippen LogP contribution in [-0.4, -0.2) is 33.9 Å². The Labute approximate surface area is 121 Å². The molecule has 0 saturated heterocycles. The Morgan fingerprint density at radius 2 is 2.14 bits per heavy atom. The lowest BCUT2D eigenvalue weighted by atomic mass is 10.2. The van der Waals surface area contributed by atoms with Crippen molar-refractivity contribution in [2.45, 2.75) is 19.5 Å². The van der Waals surface area contributed by atoms with E-state index >= 15 is 0 Å².